The molecule has 1 aromatic carbocycles. The Morgan fingerprint density at radius 2 is 2.04 bits per heavy atom. The Bertz CT molecular complexity index is 811. The number of nitrogens with zero attached hydrogens (tertiary/aromatic N) is 2. The number of hydrogen-bond donors (Lipinski definition) is 1. The van der Waals surface area contributed by atoms with Crippen molar-refractivity contribution in [2.75, 3.05) is 43.1 Å². The van der Waals surface area contributed by atoms with E-state index in [2.05, 4.69) is 15.2 Å². The maximum atomic E-state index is 11.9. The van der Waals surface area contributed by atoms with E-state index >= 15 is 0 Å². The van der Waals surface area contributed by atoms with Gasteiger partial charge in [0.2, 0.25) is 0 Å². The first-order chi connectivity index (χ1) is 13.1. The lowest BCUT2D eigenvalue weighted by atomic mass is 10.2. The lowest BCUT2D eigenvalue weighted by Gasteiger charge is -2.28. The molecule has 1 aliphatic rings. The van der Waals surface area contributed by atoms with E-state index in [1.807, 2.05) is 36.6 Å². The molecule has 0 radical (unpaired) electrons. The standard InChI is InChI=1S/C19H21N3O4S/c1-14-20-16(13-27-14)4-7-19(24)26-12-18(23)21-15-2-5-17(6-3-15)22-8-10-25-11-9-22/h2-7,13H,8-12H2,1H3,(H,21,23)/b7-4+. The quantitative estimate of drug-likeness (QED) is 0.606. The van der Waals surface area contributed by atoms with E-state index in [0.717, 1.165) is 37.0 Å². The molecule has 3 rings (SSSR count). The van der Waals surface area contributed by atoms with Crippen LogP contribution in [0.2, 0.25) is 0 Å². The SMILES string of the molecule is Cc1nc(/C=C/C(=O)OCC(=O)Nc2ccc(N3CCOCC3)cc2)cs1. The molecule has 142 valence electrons. The first kappa shape index (κ1) is 19.1. The topological polar surface area (TPSA) is 80.8 Å². The molecule has 0 unspecified atom stereocenters. The fraction of sp³-hybridized carbons (Fsp3) is 0.316. The highest BCUT2D eigenvalue weighted by atomic mass is 32.1. The molecule has 2 aromatic rings. The molecule has 1 aliphatic heterocycles. The normalized spacial score (nSPS) is 14.3. The monoisotopic (exact) mass is 387 g/mol. The Morgan fingerprint density at radius 3 is 2.70 bits per heavy atom. The van der Waals surface area contributed by atoms with Crippen LogP contribution in [0, 0.1) is 6.92 Å². The van der Waals surface area contributed by atoms with E-state index in [1.54, 1.807) is 6.08 Å². The molecule has 0 saturated carbocycles. The van der Waals surface area contributed by atoms with E-state index < -0.39 is 5.97 Å². The molecule has 1 fully saturated rings. The van der Waals surface area contributed by atoms with Crippen LogP contribution in [0.15, 0.2) is 35.7 Å². The summed E-state index contributed by atoms with van der Waals surface area (Å²) in [6.07, 6.45) is 2.83. The van der Waals surface area contributed by atoms with Crippen molar-refractivity contribution in [3.63, 3.8) is 0 Å². The van der Waals surface area contributed by atoms with Crippen LogP contribution < -0.4 is 10.2 Å². The highest BCUT2D eigenvalue weighted by Crippen LogP contribution is 2.19. The largest absolute Gasteiger partial charge is 0.452 e. The zero-order valence-electron chi connectivity index (χ0n) is 15.0. The van der Waals surface area contributed by atoms with Crippen LogP contribution in [0.1, 0.15) is 10.7 Å². The molecule has 27 heavy (non-hydrogen) atoms. The number of hydrogen-bond acceptors (Lipinski definition) is 7. The lowest BCUT2D eigenvalue weighted by molar-refractivity contribution is -0.142. The Labute approximate surface area is 161 Å². The second-order valence-electron chi connectivity index (χ2n) is 5.93. The molecule has 0 atom stereocenters. The number of ether oxygens (including phenoxy) is 2. The summed E-state index contributed by atoms with van der Waals surface area (Å²) in [5.41, 5.74) is 2.44. The number of amides is 1. The Hall–Kier alpha value is -2.71. The summed E-state index contributed by atoms with van der Waals surface area (Å²) in [4.78, 5) is 30.0. The van der Waals surface area contributed by atoms with Crippen molar-refractivity contribution in [2.24, 2.45) is 0 Å². The van der Waals surface area contributed by atoms with Gasteiger partial charge in [-0.2, -0.15) is 0 Å². The number of rotatable bonds is 6. The number of esters is 1. The van der Waals surface area contributed by atoms with E-state index in [-0.39, 0.29) is 12.5 Å². The molecule has 8 heteroatoms. The van der Waals surface area contributed by atoms with Crippen LogP contribution in [-0.2, 0) is 19.1 Å². The smallest absolute Gasteiger partial charge is 0.331 e. The minimum atomic E-state index is -0.585. The van der Waals surface area contributed by atoms with Crippen molar-refractivity contribution in [2.45, 2.75) is 6.92 Å². The second-order valence-corrected chi connectivity index (χ2v) is 6.99. The van der Waals surface area contributed by atoms with Crippen molar-refractivity contribution in [1.82, 2.24) is 4.98 Å². The van der Waals surface area contributed by atoms with Gasteiger partial charge in [-0.05, 0) is 37.3 Å². The van der Waals surface area contributed by atoms with Crippen LogP contribution in [0.5, 0.6) is 0 Å². The fourth-order valence-corrected chi connectivity index (χ4v) is 3.15. The van der Waals surface area contributed by atoms with Crippen LogP contribution in [0.3, 0.4) is 0 Å². The number of carbonyl (C=O) groups excluding carboxylic acids is 2. The summed E-state index contributed by atoms with van der Waals surface area (Å²) in [5, 5.41) is 5.47. The predicted octanol–water partition coefficient (Wildman–Crippen LogP) is 2.48. The van der Waals surface area contributed by atoms with Crippen LogP contribution in [-0.4, -0.2) is 49.8 Å². The third kappa shape index (κ3) is 5.90. The number of thiazole rings is 1. The molecule has 1 saturated heterocycles. The summed E-state index contributed by atoms with van der Waals surface area (Å²) >= 11 is 1.50. The van der Waals surface area contributed by atoms with Crippen LogP contribution in [0.25, 0.3) is 6.08 Å². The predicted molar refractivity (Wildman–Crippen MR) is 105 cm³/mol. The molecule has 1 amide bonds. The van der Waals surface area contributed by atoms with Gasteiger partial charge in [-0.1, -0.05) is 0 Å². The van der Waals surface area contributed by atoms with E-state index in [0.29, 0.717) is 11.4 Å². The molecular weight excluding hydrogens is 366 g/mol. The highest BCUT2D eigenvalue weighted by molar-refractivity contribution is 7.09. The maximum absolute atomic E-state index is 11.9. The maximum Gasteiger partial charge on any atom is 0.331 e. The number of aryl methyl sites for hydroxylation is 1. The minimum absolute atomic E-state index is 0.343. The Balaban J connectivity index is 1.43. The van der Waals surface area contributed by atoms with Crippen molar-refractivity contribution >= 4 is 40.7 Å². The van der Waals surface area contributed by atoms with Gasteiger partial charge in [0, 0.05) is 35.9 Å². The van der Waals surface area contributed by atoms with Gasteiger partial charge < -0.3 is 19.7 Å². The fourth-order valence-electron chi connectivity index (χ4n) is 2.57. The third-order valence-electron chi connectivity index (χ3n) is 3.90. The van der Waals surface area contributed by atoms with Crippen LogP contribution >= 0.6 is 11.3 Å². The van der Waals surface area contributed by atoms with Gasteiger partial charge in [-0.15, -0.1) is 11.3 Å². The molecule has 1 aromatic heterocycles. The molecule has 1 N–H and O–H groups in total. The molecule has 2 heterocycles. The molecular formula is C19H21N3O4S. The van der Waals surface area contributed by atoms with Gasteiger partial charge in [-0.3, -0.25) is 4.79 Å². The number of benzene rings is 1. The van der Waals surface area contributed by atoms with E-state index in [9.17, 15) is 9.59 Å². The van der Waals surface area contributed by atoms with Gasteiger partial charge in [0.25, 0.3) is 5.91 Å². The van der Waals surface area contributed by atoms with E-state index in [4.69, 9.17) is 9.47 Å². The summed E-state index contributed by atoms with van der Waals surface area (Å²) < 4.78 is 10.3. The number of aromatic nitrogens is 1. The first-order valence-corrected chi connectivity index (χ1v) is 9.48. The number of carbonyl (C=O) groups is 2. The van der Waals surface area contributed by atoms with Gasteiger partial charge >= 0.3 is 5.97 Å². The van der Waals surface area contributed by atoms with Gasteiger partial charge in [0.15, 0.2) is 6.61 Å². The van der Waals surface area contributed by atoms with Gasteiger partial charge in [0.1, 0.15) is 0 Å². The summed E-state index contributed by atoms with van der Waals surface area (Å²) in [7, 11) is 0. The summed E-state index contributed by atoms with van der Waals surface area (Å²) in [6, 6.07) is 7.56. The third-order valence-corrected chi connectivity index (χ3v) is 4.69. The van der Waals surface area contributed by atoms with E-state index in [1.165, 1.54) is 17.4 Å². The Morgan fingerprint density at radius 1 is 1.30 bits per heavy atom. The average Bonchev–Trinajstić information content (AvgIpc) is 3.11. The molecule has 0 aliphatic carbocycles. The van der Waals surface area contributed by atoms with Crippen LogP contribution in [0.4, 0.5) is 11.4 Å². The van der Waals surface area contributed by atoms with Crippen molar-refractivity contribution in [3.05, 3.63) is 46.4 Å². The molecule has 0 spiro atoms. The first-order valence-electron chi connectivity index (χ1n) is 8.60. The zero-order chi connectivity index (χ0) is 19.1. The second kappa shape index (κ2) is 9.29. The van der Waals surface area contributed by atoms with Crippen molar-refractivity contribution in [3.8, 4) is 0 Å². The minimum Gasteiger partial charge on any atom is -0.452 e. The van der Waals surface area contributed by atoms with Crippen molar-refractivity contribution in [1.29, 1.82) is 0 Å². The molecule has 7 nitrogen and oxygen atoms in total. The number of anilines is 2. The summed E-state index contributed by atoms with van der Waals surface area (Å²) in [5.74, 6) is -0.973. The van der Waals surface area contributed by atoms with Crippen molar-refractivity contribution < 1.29 is 19.1 Å². The lowest BCUT2D eigenvalue weighted by Crippen LogP contribution is -2.36. The summed E-state index contributed by atoms with van der Waals surface area (Å²) in [6.45, 7) is 4.70. The van der Waals surface area contributed by atoms with Gasteiger partial charge in [0.05, 0.1) is 23.9 Å². The molecule has 0 bridgehead atoms. The number of morpholine rings is 1. The van der Waals surface area contributed by atoms with Gasteiger partial charge in [-0.25, -0.2) is 9.78 Å². The Kier molecular flexibility index (Phi) is 6.56. The number of nitrogens with one attached hydrogen (secondary N) is 1. The average molecular weight is 387 g/mol. The highest BCUT2D eigenvalue weighted by Gasteiger charge is 2.11. The zero-order valence-corrected chi connectivity index (χ0v) is 15.8.